The number of H-pyrrole nitrogens is 2. The third-order valence-electron chi connectivity index (χ3n) is 6.61. The van der Waals surface area contributed by atoms with Crippen LogP contribution in [0.4, 0.5) is 29.1 Å². The molecule has 0 aliphatic rings. The van der Waals surface area contributed by atoms with E-state index in [1.165, 1.54) is 12.3 Å². The second kappa shape index (κ2) is 13.1. The molecule has 0 spiro atoms. The van der Waals surface area contributed by atoms with Crippen molar-refractivity contribution in [3.63, 3.8) is 0 Å². The van der Waals surface area contributed by atoms with Crippen LogP contribution < -0.4 is 9.44 Å². The molecule has 0 unspecified atom stereocenters. The summed E-state index contributed by atoms with van der Waals surface area (Å²) >= 11 is 13.6. The molecule has 4 N–H and O–H groups in total. The van der Waals surface area contributed by atoms with Gasteiger partial charge in [-0.25, -0.2) is 26.2 Å². The Hall–Kier alpha value is -3.58. The zero-order valence-corrected chi connectivity index (χ0v) is 28.9. The van der Waals surface area contributed by atoms with Gasteiger partial charge in [0.05, 0.1) is 11.3 Å². The Balaban J connectivity index is 0.000000186. The van der Waals surface area contributed by atoms with Crippen molar-refractivity contribution in [3.05, 3.63) is 110 Å². The highest BCUT2D eigenvalue weighted by Gasteiger charge is 2.31. The van der Waals surface area contributed by atoms with Gasteiger partial charge in [-0.15, -0.1) is 0 Å². The van der Waals surface area contributed by atoms with Gasteiger partial charge in [-0.2, -0.15) is 13.2 Å². The normalized spacial score (nSPS) is 12.2. The van der Waals surface area contributed by atoms with E-state index < -0.39 is 37.6 Å². The van der Waals surface area contributed by atoms with Gasteiger partial charge in [0.2, 0.25) is 0 Å². The molecule has 0 amide bonds. The molecule has 0 radical (unpaired) electrons. The molecule has 0 saturated heterocycles. The van der Waals surface area contributed by atoms with Crippen molar-refractivity contribution >= 4 is 99.2 Å². The third-order valence-corrected chi connectivity index (χ3v) is 10.5. The Morgan fingerprint density at radius 3 is 1.94 bits per heavy atom. The number of aromatic amines is 2. The minimum atomic E-state index is -4.55. The molecular weight excluding hydrogens is 820 g/mol. The smallest absolute Gasteiger partial charge is 0.360 e. The van der Waals surface area contributed by atoms with Gasteiger partial charge in [-0.3, -0.25) is 9.44 Å². The fraction of sp³-hybridized carbons (Fsp3) is 0.0690. The minimum absolute atomic E-state index is 0.00761. The molecule has 6 rings (SSSR count). The SMILES string of the molecule is Cc1cc(I)cnc1NS(=O)(=O)c1c[nH]c2cc(Cl)ccc12.O=S(=O)(Nc1ccc(Cl)cc1F)c1c[nH]c2cc(C(F)(F)F)ccc12. The predicted octanol–water partition coefficient (Wildman–Crippen LogP) is 8.71. The average molecular weight is 840 g/mol. The second-order valence-corrected chi connectivity index (χ2v) is 15.3. The Kier molecular flexibility index (Phi) is 9.71. The first-order valence-electron chi connectivity index (χ1n) is 13.0. The van der Waals surface area contributed by atoms with Crippen LogP contribution in [-0.4, -0.2) is 31.8 Å². The highest BCUT2D eigenvalue weighted by Crippen LogP contribution is 2.34. The summed E-state index contributed by atoms with van der Waals surface area (Å²) in [6, 6.07) is 12.9. The first kappa shape index (κ1) is 34.7. The number of nitrogens with zero attached hydrogens (tertiary/aromatic N) is 1. The predicted molar refractivity (Wildman–Crippen MR) is 181 cm³/mol. The summed E-state index contributed by atoms with van der Waals surface area (Å²) in [7, 11) is -7.96. The monoisotopic (exact) mass is 839 g/mol. The molecule has 246 valence electrons. The van der Waals surface area contributed by atoms with E-state index in [1.807, 2.05) is 17.7 Å². The van der Waals surface area contributed by atoms with Crippen LogP contribution in [0, 0.1) is 16.3 Å². The largest absolute Gasteiger partial charge is 0.416 e. The topological polar surface area (TPSA) is 137 Å². The van der Waals surface area contributed by atoms with Crippen LogP contribution >= 0.6 is 45.8 Å². The van der Waals surface area contributed by atoms with Crippen molar-refractivity contribution in [2.24, 2.45) is 0 Å². The number of alkyl halides is 3. The van der Waals surface area contributed by atoms with Crippen molar-refractivity contribution in [2.75, 3.05) is 9.44 Å². The van der Waals surface area contributed by atoms with Crippen molar-refractivity contribution in [3.8, 4) is 0 Å². The van der Waals surface area contributed by atoms with Crippen LogP contribution in [0.3, 0.4) is 0 Å². The first-order valence-corrected chi connectivity index (χ1v) is 17.8. The van der Waals surface area contributed by atoms with E-state index in [4.69, 9.17) is 23.2 Å². The van der Waals surface area contributed by atoms with Gasteiger partial charge in [0.1, 0.15) is 21.4 Å². The molecular formula is C29H20Cl2F4IN5O4S2. The zero-order valence-electron chi connectivity index (χ0n) is 23.5. The van der Waals surface area contributed by atoms with E-state index in [2.05, 4.69) is 42.3 Å². The van der Waals surface area contributed by atoms with Crippen molar-refractivity contribution in [1.82, 2.24) is 15.0 Å². The highest BCUT2D eigenvalue weighted by atomic mass is 127. The number of aromatic nitrogens is 3. The van der Waals surface area contributed by atoms with Crippen LogP contribution in [0.5, 0.6) is 0 Å². The molecule has 3 aromatic carbocycles. The molecule has 0 atom stereocenters. The second-order valence-electron chi connectivity index (χ2n) is 9.91. The summed E-state index contributed by atoms with van der Waals surface area (Å²) in [5.41, 5.74) is 0.179. The number of aryl methyl sites for hydroxylation is 1. The van der Waals surface area contributed by atoms with Gasteiger partial charge in [0.15, 0.2) is 0 Å². The first-order chi connectivity index (χ1) is 21.9. The maximum absolute atomic E-state index is 13.8. The quantitative estimate of drug-likeness (QED) is 0.0983. The molecule has 0 aliphatic heterocycles. The lowest BCUT2D eigenvalue weighted by molar-refractivity contribution is -0.137. The maximum atomic E-state index is 13.8. The third kappa shape index (κ3) is 7.77. The number of hydrogen-bond donors (Lipinski definition) is 4. The van der Waals surface area contributed by atoms with E-state index in [9.17, 15) is 34.4 Å². The van der Waals surface area contributed by atoms with Crippen LogP contribution in [0.2, 0.25) is 10.0 Å². The summed E-state index contributed by atoms with van der Waals surface area (Å²) in [6.07, 6.45) is -0.449. The molecule has 0 fully saturated rings. The standard InChI is InChI=1S/C15H9ClF4N2O2S.C14H11ClIN3O2S/c16-9-2-4-12(11(17)6-9)22-25(23,24)14-7-21-13-5-8(15(18,19)20)1-3-10(13)14;1-8-4-10(16)6-18-14(8)19-22(20,21)13-7-17-12-5-9(15)2-3-11(12)13/h1-7,21-22H;2-7,17H,1H3,(H,18,19). The van der Waals surface area contributed by atoms with Gasteiger partial charge in [-0.1, -0.05) is 29.3 Å². The van der Waals surface area contributed by atoms with Crippen LogP contribution in [0.15, 0.2) is 89.0 Å². The summed E-state index contributed by atoms with van der Waals surface area (Å²) in [5, 5.41) is 1.27. The molecule has 9 nitrogen and oxygen atoms in total. The summed E-state index contributed by atoms with van der Waals surface area (Å²) < 4.78 is 108. The number of nitrogens with one attached hydrogen (secondary N) is 4. The molecule has 0 bridgehead atoms. The minimum Gasteiger partial charge on any atom is -0.360 e. The van der Waals surface area contributed by atoms with Crippen molar-refractivity contribution < 1.29 is 34.4 Å². The number of sulfonamides is 2. The van der Waals surface area contributed by atoms with E-state index in [0.29, 0.717) is 21.7 Å². The Labute approximate surface area is 288 Å². The summed E-state index contributed by atoms with van der Waals surface area (Å²) in [4.78, 5) is 9.40. The number of halogens is 7. The van der Waals surface area contributed by atoms with Gasteiger partial charge in [-0.05, 0) is 89.7 Å². The van der Waals surface area contributed by atoms with E-state index in [0.717, 1.165) is 45.7 Å². The number of rotatable bonds is 6. The van der Waals surface area contributed by atoms with Gasteiger partial charge in [0, 0.05) is 54.0 Å². The number of benzene rings is 3. The fourth-order valence-corrected chi connectivity index (χ4v) is 7.84. The van der Waals surface area contributed by atoms with Crippen LogP contribution in [0.25, 0.3) is 21.8 Å². The Bertz CT molecular complexity index is 2370. The van der Waals surface area contributed by atoms with Crippen LogP contribution in [-0.2, 0) is 26.2 Å². The number of hydrogen-bond acceptors (Lipinski definition) is 5. The number of fused-ring (bicyclic) bond motifs is 2. The molecule has 0 aliphatic carbocycles. The number of pyridine rings is 1. The lowest BCUT2D eigenvalue weighted by Crippen LogP contribution is -2.14. The Morgan fingerprint density at radius 2 is 1.34 bits per heavy atom. The molecule has 3 aromatic heterocycles. The van der Waals surface area contributed by atoms with Gasteiger partial charge < -0.3 is 9.97 Å². The van der Waals surface area contributed by atoms with E-state index in [-0.39, 0.29) is 31.4 Å². The number of anilines is 2. The van der Waals surface area contributed by atoms with Crippen LogP contribution in [0.1, 0.15) is 11.1 Å². The highest BCUT2D eigenvalue weighted by molar-refractivity contribution is 14.1. The van der Waals surface area contributed by atoms with E-state index >= 15 is 0 Å². The average Bonchev–Trinajstić information content (AvgIpc) is 3.61. The Morgan fingerprint density at radius 1 is 0.787 bits per heavy atom. The lowest BCUT2D eigenvalue weighted by atomic mass is 10.1. The van der Waals surface area contributed by atoms with Gasteiger partial charge in [0.25, 0.3) is 20.0 Å². The molecule has 6 aromatic rings. The molecule has 47 heavy (non-hydrogen) atoms. The molecule has 18 heteroatoms. The molecule has 0 saturated carbocycles. The zero-order chi connectivity index (χ0) is 34.3. The van der Waals surface area contributed by atoms with Gasteiger partial charge >= 0.3 is 6.18 Å². The van der Waals surface area contributed by atoms with E-state index in [1.54, 1.807) is 24.4 Å². The lowest BCUT2D eigenvalue weighted by Gasteiger charge is -2.09. The maximum Gasteiger partial charge on any atom is 0.416 e. The molecule has 3 heterocycles. The fourth-order valence-electron chi connectivity index (χ4n) is 4.39. The summed E-state index contributed by atoms with van der Waals surface area (Å²) in [5.74, 6) is -0.556. The summed E-state index contributed by atoms with van der Waals surface area (Å²) in [6.45, 7) is 1.81. The van der Waals surface area contributed by atoms with Crippen molar-refractivity contribution in [2.45, 2.75) is 22.9 Å². The van der Waals surface area contributed by atoms with Crippen molar-refractivity contribution in [1.29, 1.82) is 0 Å².